The van der Waals surface area contributed by atoms with Gasteiger partial charge in [-0.15, -0.1) is 0 Å². The number of amides is 2. The highest BCUT2D eigenvalue weighted by Gasteiger charge is 2.15. The van der Waals surface area contributed by atoms with Crippen LogP contribution >= 0.6 is 15.9 Å². The zero-order valence-corrected chi connectivity index (χ0v) is 15.6. The summed E-state index contributed by atoms with van der Waals surface area (Å²) in [6.45, 7) is 3.75. The number of hydrogen-bond acceptors (Lipinski definition) is 3. The van der Waals surface area contributed by atoms with Crippen LogP contribution in [0.5, 0.6) is 5.75 Å². The van der Waals surface area contributed by atoms with E-state index in [-0.39, 0.29) is 17.6 Å². The molecule has 2 amide bonds. The Hall–Kier alpha value is -2.41. The van der Waals surface area contributed by atoms with Crippen LogP contribution in [-0.2, 0) is 0 Å². The Morgan fingerprint density at radius 1 is 1.16 bits per heavy atom. The van der Waals surface area contributed by atoms with Gasteiger partial charge in [0.2, 0.25) is 0 Å². The second-order valence-corrected chi connectivity index (χ2v) is 6.53. The molecule has 0 radical (unpaired) electrons. The van der Waals surface area contributed by atoms with Crippen LogP contribution in [0, 0.1) is 5.82 Å². The zero-order chi connectivity index (χ0) is 18.6. The largest absolute Gasteiger partial charge is 0.423 e. The lowest BCUT2D eigenvalue weighted by atomic mass is 10.2. The fourth-order valence-electron chi connectivity index (χ4n) is 2.02. The molecule has 7 heteroatoms. The van der Waals surface area contributed by atoms with Gasteiger partial charge < -0.3 is 10.1 Å². The minimum absolute atomic E-state index is 0.0318. The van der Waals surface area contributed by atoms with Gasteiger partial charge in [-0.25, -0.2) is 14.0 Å². The standard InChI is InChI=1S/C18H18BrFN2O3/c1-11(2)21-18(24)22(3)13-5-7-14(8-6-13)25-17(23)15-9-4-12(20)10-16(15)19/h4-11H,1-3H3,(H,21,24). The average Bonchev–Trinajstić information content (AvgIpc) is 2.54. The van der Waals surface area contributed by atoms with E-state index in [4.69, 9.17) is 4.74 Å². The summed E-state index contributed by atoms with van der Waals surface area (Å²) in [6, 6.07) is 10.0. The highest BCUT2D eigenvalue weighted by molar-refractivity contribution is 9.10. The summed E-state index contributed by atoms with van der Waals surface area (Å²) in [5, 5.41) is 2.79. The molecule has 0 saturated carbocycles. The molecule has 0 aliphatic rings. The lowest BCUT2D eigenvalue weighted by Gasteiger charge is -2.20. The van der Waals surface area contributed by atoms with Gasteiger partial charge in [-0.05, 0) is 72.2 Å². The molecule has 0 atom stereocenters. The molecule has 0 aliphatic heterocycles. The molecule has 0 saturated heterocycles. The molecule has 25 heavy (non-hydrogen) atoms. The van der Waals surface area contributed by atoms with Gasteiger partial charge >= 0.3 is 12.0 Å². The number of urea groups is 1. The molecule has 132 valence electrons. The maximum absolute atomic E-state index is 13.1. The third-order valence-electron chi connectivity index (χ3n) is 3.30. The first kappa shape index (κ1) is 18.9. The second-order valence-electron chi connectivity index (χ2n) is 5.67. The van der Waals surface area contributed by atoms with Crippen LogP contribution in [0.3, 0.4) is 0 Å². The number of carbonyl (C=O) groups is 2. The number of benzene rings is 2. The van der Waals surface area contributed by atoms with Crippen molar-refractivity contribution in [1.82, 2.24) is 5.32 Å². The molecule has 2 rings (SSSR count). The Balaban J connectivity index is 2.07. The van der Waals surface area contributed by atoms with E-state index in [2.05, 4.69) is 21.2 Å². The van der Waals surface area contributed by atoms with Gasteiger partial charge in [0, 0.05) is 23.2 Å². The van der Waals surface area contributed by atoms with Crippen LogP contribution in [0.2, 0.25) is 0 Å². The number of hydrogen-bond donors (Lipinski definition) is 1. The Kier molecular flexibility index (Phi) is 6.14. The first-order valence-corrected chi connectivity index (χ1v) is 8.38. The Bertz CT molecular complexity index is 778. The van der Waals surface area contributed by atoms with E-state index >= 15 is 0 Å². The molecule has 0 aliphatic carbocycles. The predicted molar refractivity (Wildman–Crippen MR) is 97.6 cm³/mol. The molecule has 5 nitrogen and oxygen atoms in total. The molecule has 1 N–H and O–H groups in total. The molecule has 0 fully saturated rings. The van der Waals surface area contributed by atoms with Gasteiger partial charge in [0.15, 0.2) is 0 Å². The fourth-order valence-corrected chi connectivity index (χ4v) is 2.53. The van der Waals surface area contributed by atoms with Crippen LogP contribution in [0.1, 0.15) is 24.2 Å². The van der Waals surface area contributed by atoms with Gasteiger partial charge in [0.25, 0.3) is 0 Å². The topological polar surface area (TPSA) is 58.6 Å². The lowest BCUT2D eigenvalue weighted by Crippen LogP contribution is -2.40. The third-order valence-corrected chi connectivity index (χ3v) is 3.96. The lowest BCUT2D eigenvalue weighted by molar-refractivity contribution is 0.0733. The number of anilines is 1. The van der Waals surface area contributed by atoms with Gasteiger partial charge in [0.05, 0.1) is 5.56 Å². The maximum atomic E-state index is 13.1. The monoisotopic (exact) mass is 408 g/mol. The summed E-state index contributed by atoms with van der Waals surface area (Å²) in [7, 11) is 1.65. The summed E-state index contributed by atoms with van der Waals surface area (Å²) >= 11 is 3.14. The van der Waals surface area contributed by atoms with Crippen molar-refractivity contribution in [3.05, 3.63) is 58.3 Å². The molecule has 0 bridgehead atoms. The molecule has 0 unspecified atom stereocenters. The van der Waals surface area contributed by atoms with Crippen molar-refractivity contribution in [3.63, 3.8) is 0 Å². The van der Waals surface area contributed by atoms with Crippen LogP contribution in [-0.4, -0.2) is 25.1 Å². The van der Waals surface area contributed by atoms with E-state index in [1.54, 1.807) is 31.3 Å². The summed E-state index contributed by atoms with van der Waals surface area (Å²) in [5.74, 6) is -0.733. The van der Waals surface area contributed by atoms with Crippen molar-refractivity contribution in [2.45, 2.75) is 19.9 Å². The van der Waals surface area contributed by atoms with Gasteiger partial charge in [-0.3, -0.25) is 4.90 Å². The number of rotatable bonds is 4. The quantitative estimate of drug-likeness (QED) is 0.603. The second kappa shape index (κ2) is 8.11. The minimum atomic E-state index is -0.606. The number of esters is 1. The van der Waals surface area contributed by atoms with Crippen molar-refractivity contribution in [1.29, 1.82) is 0 Å². The van der Waals surface area contributed by atoms with Crippen LogP contribution in [0.25, 0.3) is 0 Å². The SMILES string of the molecule is CC(C)NC(=O)N(C)c1ccc(OC(=O)c2ccc(F)cc2Br)cc1. The van der Waals surface area contributed by atoms with E-state index in [0.717, 1.165) is 0 Å². The smallest absolute Gasteiger partial charge is 0.344 e. The predicted octanol–water partition coefficient (Wildman–Crippen LogP) is 4.36. The number of nitrogens with zero attached hydrogens (tertiary/aromatic N) is 1. The first-order chi connectivity index (χ1) is 11.8. The molecule has 0 spiro atoms. The molecular formula is C18H18BrFN2O3. The number of nitrogens with one attached hydrogen (secondary N) is 1. The van der Waals surface area contributed by atoms with Crippen molar-refractivity contribution < 1.29 is 18.7 Å². The number of carbonyl (C=O) groups excluding carboxylic acids is 2. The highest BCUT2D eigenvalue weighted by Crippen LogP contribution is 2.22. The molecule has 0 heterocycles. The maximum Gasteiger partial charge on any atom is 0.344 e. The van der Waals surface area contributed by atoms with E-state index in [9.17, 15) is 14.0 Å². The normalized spacial score (nSPS) is 10.5. The van der Waals surface area contributed by atoms with Crippen molar-refractivity contribution >= 4 is 33.6 Å². The minimum Gasteiger partial charge on any atom is -0.423 e. The van der Waals surface area contributed by atoms with Gasteiger partial charge in [-0.1, -0.05) is 0 Å². The fraction of sp³-hybridized carbons (Fsp3) is 0.222. The first-order valence-electron chi connectivity index (χ1n) is 7.59. The van der Waals surface area contributed by atoms with Crippen LogP contribution < -0.4 is 15.0 Å². The Morgan fingerprint density at radius 2 is 1.80 bits per heavy atom. The van der Waals surface area contributed by atoms with Crippen molar-refractivity contribution in [2.75, 3.05) is 11.9 Å². The van der Waals surface area contributed by atoms with Crippen molar-refractivity contribution in [3.8, 4) is 5.75 Å². The molecule has 2 aromatic rings. The summed E-state index contributed by atoms with van der Waals surface area (Å²) in [6.07, 6.45) is 0. The van der Waals surface area contributed by atoms with E-state index in [1.165, 1.54) is 23.1 Å². The molecule has 0 aromatic heterocycles. The molecular weight excluding hydrogens is 391 g/mol. The highest BCUT2D eigenvalue weighted by atomic mass is 79.9. The van der Waals surface area contributed by atoms with Gasteiger partial charge in [-0.2, -0.15) is 0 Å². The Morgan fingerprint density at radius 3 is 2.36 bits per heavy atom. The Labute approximate surface area is 153 Å². The van der Waals surface area contributed by atoms with Gasteiger partial charge in [0.1, 0.15) is 11.6 Å². The summed E-state index contributed by atoms with van der Waals surface area (Å²) < 4.78 is 18.7. The van der Waals surface area contributed by atoms with Crippen molar-refractivity contribution in [2.24, 2.45) is 0 Å². The number of ether oxygens (including phenoxy) is 1. The van der Waals surface area contributed by atoms with E-state index in [1.807, 2.05) is 13.8 Å². The average molecular weight is 409 g/mol. The number of halogens is 2. The zero-order valence-electron chi connectivity index (χ0n) is 14.0. The van der Waals surface area contributed by atoms with E-state index < -0.39 is 11.8 Å². The van der Waals surface area contributed by atoms with Crippen LogP contribution in [0.15, 0.2) is 46.9 Å². The third kappa shape index (κ3) is 5.03. The van der Waals surface area contributed by atoms with Crippen LogP contribution in [0.4, 0.5) is 14.9 Å². The summed E-state index contributed by atoms with van der Waals surface area (Å²) in [4.78, 5) is 25.6. The van der Waals surface area contributed by atoms with E-state index in [0.29, 0.717) is 15.9 Å². The summed E-state index contributed by atoms with van der Waals surface area (Å²) in [5.41, 5.74) is 0.875. The molecule has 2 aromatic carbocycles.